The van der Waals surface area contributed by atoms with Crippen molar-refractivity contribution >= 4 is 11.9 Å². The Morgan fingerprint density at radius 2 is 2.06 bits per heavy atom. The number of carbonyl (C=O) groups is 1. The molecule has 2 fully saturated rings. The standard InChI is InChI=1S/C13H23N3O/c1-4-10-5-7-13(8-6-10)11(17)15-12(16-13)14-9(2)3/h9-10H,4-8H2,1-3H3,(H2,14,15,16,17). The Morgan fingerprint density at radius 3 is 2.59 bits per heavy atom. The summed E-state index contributed by atoms with van der Waals surface area (Å²) >= 11 is 0. The lowest BCUT2D eigenvalue weighted by atomic mass is 9.76. The third kappa shape index (κ3) is 2.45. The number of rotatable bonds is 2. The molecule has 0 radical (unpaired) electrons. The fourth-order valence-electron chi connectivity index (χ4n) is 2.80. The maximum atomic E-state index is 12.1. The van der Waals surface area contributed by atoms with Gasteiger partial charge in [-0.05, 0) is 45.4 Å². The van der Waals surface area contributed by atoms with E-state index in [0.717, 1.165) is 31.6 Å². The smallest absolute Gasteiger partial charge is 0.252 e. The highest BCUT2D eigenvalue weighted by Gasteiger charge is 2.46. The second kappa shape index (κ2) is 4.67. The first kappa shape index (κ1) is 12.4. The molecule has 0 aromatic carbocycles. The number of hydrogen-bond donors (Lipinski definition) is 2. The van der Waals surface area contributed by atoms with Gasteiger partial charge < -0.3 is 5.32 Å². The van der Waals surface area contributed by atoms with E-state index in [0.29, 0.717) is 5.96 Å². The third-order valence-corrected chi connectivity index (χ3v) is 3.95. The molecule has 1 spiro atoms. The molecule has 1 amide bonds. The molecular weight excluding hydrogens is 214 g/mol. The van der Waals surface area contributed by atoms with Crippen molar-refractivity contribution in [3.05, 3.63) is 0 Å². The van der Waals surface area contributed by atoms with E-state index >= 15 is 0 Å². The van der Waals surface area contributed by atoms with Crippen LogP contribution in [0.5, 0.6) is 0 Å². The molecule has 17 heavy (non-hydrogen) atoms. The molecule has 4 heteroatoms. The predicted octanol–water partition coefficient (Wildman–Crippen LogP) is 1.81. The number of guanidine groups is 1. The SMILES string of the molecule is CCC1CCC2(CC1)NC(=NC(C)C)NC2=O. The summed E-state index contributed by atoms with van der Waals surface area (Å²) in [7, 11) is 0. The first-order valence-electron chi connectivity index (χ1n) is 6.73. The van der Waals surface area contributed by atoms with Crippen molar-refractivity contribution in [2.24, 2.45) is 10.9 Å². The maximum absolute atomic E-state index is 12.1. The van der Waals surface area contributed by atoms with Gasteiger partial charge in [0.25, 0.3) is 5.91 Å². The minimum atomic E-state index is -0.362. The van der Waals surface area contributed by atoms with Crippen LogP contribution in [0, 0.1) is 5.92 Å². The average molecular weight is 237 g/mol. The summed E-state index contributed by atoms with van der Waals surface area (Å²) in [5.74, 6) is 1.58. The fraction of sp³-hybridized carbons (Fsp3) is 0.846. The molecule has 4 nitrogen and oxygen atoms in total. The van der Waals surface area contributed by atoms with Crippen molar-refractivity contribution in [3.63, 3.8) is 0 Å². The monoisotopic (exact) mass is 237 g/mol. The van der Waals surface area contributed by atoms with E-state index in [2.05, 4.69) is 22.5 Å². The van der Waals surface area contributed by atoms with Crippen molar-refractivity contribution in [2.75, 3.05) is 0 Å². The third-order valence-electron chi connectivity index (χ3n) is 3.95. The number of amides is 1. The highest BCUT2D eigenvalue weighted by atomic mass is 16.2. The van der Waals surface area contributed by atoms with Gasteiger partial charge in [-0.2, -0.15) is 0 Å². The summed E-state index contributed by atoms with van der Waals surface area (Å²) < 4.78 is 0. The van der Waals surface area contributed by atoms with Gasteiger partial charge in [0.15, 0.2) is 5.96 Å². The summed E-state index contributed by atoms with van der Waals surface area (Å²) in [6.07, 6.45) is 5.39. The zero-order valence-electron chi connectivity index (χ0n) is 11.0. The van der Waals surface area contributed by atoms with E-state index in [9.17, 15) is 4.79 Å². The quantitative estimate of drug-likeness (QED) is 0.769. The van der Waals surface area contributed by atoms with Crippen LogP contribution in [0.3, 0.4) is 0 Å². The minimum absolute atomic E-state index is 0.117. The number of nitrogens with one attached hydrogen (secondary N) is 2. The van der Waals surface area contributed by atoms with Crippen LogP contribution in [-0.2, 0) is 4.79 Å². The van der Waals surface area contributed by atoms with Crippen LogP contribution in [0.2, 0.25) is 0 Å². The fourth-order valence-corrected chi connectivity index (χ4v) is 2.80. The molecule has 1 saturated heterocycles. The second-order valence-electron chi connectivity index (χ2n) is 5.58. The van der Waals surface area contributed by atoms with Gasteiger partial charge in [-0.25, -0.2) is 0 Å². The number of hydrogen-bond acceptors (Lipinski definition) is 2. The topological polar surface area (TPSA) is 53.5 Å². The molecule has 1 aliphatic carbocycles. The highest BCUT2D eigenvalue weighted by molar-refractivity contribution is 6.09. The largest absolute Gasteiger partial charge is 0.342 e. The van der Waals surface area contributed by atoms with Gasteiger partial charge in [-0.15, -0.1) is 0 Å². The van der Waals surface area contributed by atoms with Crippen LogP contribution in [0.1, 0.15) is 52.9 Å². The summed E-state index contributed by atoms with van der Waals surface area (Å²) in [4.78, 5) is 16.5. The molecule has 1 heterocycles. The normalized spacial score (nSPS) is 35.4. The van der Waals surface area contributed by atoms with Gasteiger partial charge >= 0.3 is 0 Å². The predicted molar refractivity (Wildman–Crippen MR) is 68.8 cm³/mol. The Bertz CT molecular complexity index is 328. The molecule has 2 aliphatic rings. The first-order valence-corrected chi connectivity index (χ1v) is 6.73. The lowest BCUT2D eigenvalue weighted by Crippen LogP contribution is -2.49. The Labute approximate surface area is 103 Å². The molecule has 0 aromatic rings. The van der Waals surface area contributed by atoms with Gasteiger partial charge in [0.05, 0.1) is 0 Å². The van der Waals surface area contributed by atoms with Gasteiger partial charge in [0.1, 0.15) is 5.54 Å². The van der Waals surface area contributed by atoms with Crippen LogP contribution >= 0.6 is 0 Å². The van der Waals surface area contributed by atoms with E-state index in [4.69, 9.17) is 0 Å². The Hall–Kier alpha value is -1.06. The molecule has 2 rings (SSSR count). The maximum Gasteiger partial charge on any atom is 0.252 e. The number of carbonyl (C=O) groups excluding carboxylic acids is 1. The van der Waals surface area contributed by atoms with E-state index < -0.39 is 0 Å². The highest BCUT2D eigenvalue weighted by Crippen LogP contribution is 2.35. The molecule has 0 bridgehead atoms. The van der Waals surface area contributed by atoms with Crippen molar-refractivity contribution in [1.29, 1.82) is 0 Å². The summed E-state index contributed by atoms with van der Waals surface area (Å²) in [5, 5.41) is 6.20. The molecule has 96 valence electrons. The van der Waals surface area contributed by atoms with Crippen molar-refractivity contribution in [1.82, 2.24) is 10.6 Å². The molecule has 0 aromatic heterocycles. The molecule has 1 aliphatic heterocycles. The average Bonchev–Trinajstić information content (AvgIpc) is 2.56. The lowest BCUT2D eigenvalue weighted by molar-refractivity contribution is -0.125. The Balaban J connectivity index is 2.05. The Morgan fingerprint density at radius 1 is 1.41 bits per heavy atom. The number of nitrogens with zero attached hydrogens (tertiary/aromatic N) is 1. The summed E-state index contributed by atoms with van der Waals surface area (Å²) in [5.41, 5.74) is -0.362. The van der Waals surface area contributed by atoms with Gasteiger partial charge in [-0.3, -0.25) is 15.1 Å². The molecule has 0 unspecified atom stereocenters. The van der Waals surface area contributed by atoms with Gasteiger partial charge in [0, 0.05) is 6.04 Å². The van der Waals surface area contributed by atoms with Gasteiger partial charge in [0.2, 0.25) is 0 Å². The van der Waals surface area contributed by atoms with Crippen molar-refractivity contribution in [3.8, 4) is 0 Å². The van der Waals surface area contributed by atoms with E-state index in [-0.39, 0.29) is 17.5 Å². The van der Waals surface area contributed by atoms with Crippen molar-refractivity contribution < 1.29 is 4.79 Å². The second-order valence-corrected chi connectivity index (χ2v) is 5.58. The molecule has 0 atom stereocenters. The molecule has 2 N–H and O–H groups in total. The lowest BCUT2D eigenvalue weighted by Gasteiger charge is -2.34. The van der Waals surface area contributed by atoms with Crippen LogP contribution in [-0.4, -0.2) is 23.4 Å². The van der Waals surface area contributed by atoms with Crippen LogP contribution in [0.4, 0.5) is 0 Å². The van der Waals surface area contributed by atoms with Crippen molar-refractivity contribution in [2.45, 2.75) is 64.5 Å². The Kier molecular flexibility index (Phi) is 3.40. The van der Waals surface area contributed by atoms with E-state index in [1.807, 2.05) is 13.8 Å². The molecular formula is C13H23N3O. The van der Waals surface area contributed by atoms with E-state index in [1.54, 1.807) is 0 Å². The van der Waals surface area contributed by atoms with Crippen LogP contribution in [0.25, 0.3) is 0 Å². The first-order chi connectivity index (χ1) is 8.05. The van der Waals surface area contributed by atoms with Crippen LogP contribution < -0.4 is 10.6 Å². The van der Waals surface area contributed by atoms with Crippen LogP contribution in [0.15, 0.2) is 4.99 Å². The van der Waals surface area contributed by atoms with Gasteiger partial charge in [-0.1, -0.05) is 13.3 Å². The zero-order valence-corrected chi connectivity index (χ0v) is 11.0. The van der Waals surface area contributed by atoms with E-state index in [1.165, 1.54) is 6.42 Å². The molecule has 1 saturated carbocycles. The summed E-state index contributed by atoms with van der Waals surface area (Å²) in [6, 6.07) is 0.208. The summed E-state index contributed by atoms with van der Waals surface area (Å²) in [6.45, 7) is 6.26. The minimum Gasteiger partial charge on any atom is -0.342 e. The number of aliphatic imine (C=N–C) groups is 1. The zero-order chi connectivity index (χ0) is 12.5.